The SMILES string of the molecule is CCCC/C=C/C/C=C/CCCCCCCC(=O)OC[C@H](COC(=O)CCCCCCCCCCCCCCCCCCCCC)OC(=O)CCCCCCCCC/C=C/C/C=C/CCCCC. The quantitative estimate of drug-likeness (QED) is 0.0262. The number of ether oxygens (including phenoxy) is 3. The molecular formula is C62H112O6. The van der Waals surface area contributed by atoms with Gasteiger partial charge in [0.1, 0.15) is 13.2 Å². The van der Waals surface area contributed by atoms with E-state index in [0.717, 1.165) is 89.9 Å². The van der Waals surface area contributed by atoms with E-state index in [4.69, 9.17) is 14.2 Å². The minimum Gasteiger partial charge on any atom is -0.462 e. The highest BCUT2D eigenvalue weighted by Crippen LogP contribution is 2.17. The monoisotopic (exact) mass is 953 g/mol. The second kappa shape index (κ2) is 57.0. The third kappa shape index (κ3) is 54.3. The first-order chi connectivity index (χ1) is 33.5. The second-order valence-corrected chi connectivity index (χ2v) is 19.9. The van der Waals surface area contributed by atoms with Crippen LogP contribution in [0.5, 0.6) is 0 Å². The lowest BCUT2D eigenvalue weighted by Crippen LogP contribution is -2.30. The molecule has 0 aromatic heterocycles. The van der Waals surface area contributed by atoms with E-state index in [1.54, 1.807) is 0 Å². The van der Waals surface area contributed by atoms with Crippen LogP contribution in [0.15, 0.2) is 48.6 Å². The van der Waals surface area contributed by atoms with E-state index in [1.807, 2.05) is 0 Å². The van der Waals surface area contributed by atoms with Gasteiger partial charge in [-0.25, -0.2) is 0 Å². The lowest BCUT2D eigenvalue weighted by atomic mass is 10.0. The van der Waals surface area contributed by atoms with Gasteiger partial charge in [-0.2, -0.15) is 0 Å². The van der Waals surface area contributed by atoms with Gasteiger partial charge >= 0.3 is 17.9 Å². The fourth-order valence-corrected chi connectivity index (χ4v) is 8.55. The Hall–Kier alpha value is -2.63. The van der Waals surface area contributed by atoms with Crippen molar-refractivity contribution in [3.05, 3.63) is 48.6 Å². The van der Waals surface area contributed by atoms with E-state index < -0.39 is 6.10 Å². The molecule has 0 saturated carbocycles. The van der Waals surface area contributed by atoms with Crippen molar-refractivity contribution in [2.75, 3.05) is 13.2 Å². The van der Waals surface area contributed by atoms with Crippen LogP contribution in [0.4, 0.5) is 0 Å². The first-order valence-electron chi connectivity index (χ1n) is 29.6. The first kappa shape index (κ1) is 65.4. The maximum absolute atomic E-state index is 12.9. The summed E-state index contributed by atoms with van der Waals surface area (Å²) in [6.07, 6.45) is 69.6. The molecule has 0 aromatic carbocycles. The average molecular weight is 954 g/mol. The molecule has 396 valence electrons. The Kier molecular flexibility index (Phi) is 54.8. The highest BCUT2D eigenvalue weighted by Gasteiger charge is 2.19. The molecule has 0 heterocycles. The van der Waals surface area contributed by atoms with E-state index in [2.05, 4.69) is 69.4 Å². The Bertz CT molecular complexity index is 1190. The van der Waals surface area contributed by atoms with Crippen LogP contribution in [0, 0.1) is 0 Å². The summed E-state index contributed by atoms with van der Waals surface area (Å²) < 4.78 is 16.9. The number of rotatable bonds is 54. The maximum Gasteiger partial charge on any atom is 0.306 e. The summed E-state index contributed by atoms with van der Waals surface area (Å²) >= 11 is 0. The smallest absolute Gasteiger partial charge is 0.306 e. The minimum atomic E-state index is -0.781. The summed E-state index contributed by atoms with van der Waals surface area (Å²) in [7, 11) is 0. The molecule has 68 heavy (non-hydrogen) atoms. The van der Waals surface area contributed by atoms with Crippen molar-refractivity contribution in [3.8, 4) is 0 Å². The Labute approximate surface area is 422 Å². The Morgan fingerprint density at radius 3 is 0.882 bits per heavy atom. The first-order valence-corrected chi connectivity index (χ1v) is 29.6. The molecule has 0 bridgehead atoms. The number of carbonyl (C=O) groups is 3. The van der Waals surface area contributed by atoms with Crippen LogP contribution in [0.2, 0.25) is 0 Å². The van der Waals surface area contributed by atoms with Gasteiger partial charge in [0.15, 0.2) is 6.10 Å². The molecule has 1 atom stereocenters. The van der Waals surface area contributed by atoms with E-state index in [-0.39, 0.29) is 31.1 Å². The summed E-state index contributed by atoms with van der Waals surface area (Å²) in [5.41, 5.74) is 0. The maximum atomic E-state index is 12.9. The zero-order valence-electron chi connectivity index (χ0n) is 45.4. The van der Waals surface area contributed by atoms with Gasteiger partial charge in [-0.05, 0) is 77.0 Å². The fourth-order valence-electron chi connectivity index (χ4n) is 8.55. The molecule has 0 spiro atoms. The molecule has 6 nitrogen and oxygen atoms in total. The molecule has 0 aromatic rings. The van der Waals surface area contributed by atoms with Crippen molar-refractivity contribution in [2.45, 2.75) is 316 Å². The van der Waals surface area contributed by atoms with Gasteiger partial charge in [-0.1, -0.05) is 262 Å². The number of hydrogen-bond donors (Lipinski definition) is 0. The zero-order valence-corrected chi connectivity index (χ0v) is 45.4. The molecule has 0 aliphatic rings. The molecule has 0 fully saturated rings. The molecule has 0 aliphatic carbocycles. The van der Waals surface area contributed by atoms with Gasteiger partial charge in [0.2, 0.25) is 0 Å². The third-order valence-electron chi connectivity index (χ3n) is 13.1. The van der Waals surface area contributed by atoms with Crippen molar-refractivity contribution in [1.82, 2.24) is 0 Å². The molecule has 0 N–H and O–H groups in total. The highest BCUT2D eigenvalue weighted by atomic mass is 16.6. The van der Waals surface area contributed by atoms with Crippen molar-refractivity contribution in [1.29, 1.82) is 0 Å². The van der Waals surface area contributed by atoms with Crippen LogP contribution in [-0.2, 0) is 28.6 Å². The van der Waals surface area contributed by atoms with Gasteiger partial charge < -0.3 is 14.2 Å². The van der Waals surface area contributed by atoms with Gasteiger partial charge in [0, 0.05) is 19.3 Å². The molecular weight excluding hydrogens is 841 g/mol. The number of unbranched alkanes of at least 4 members (excludes halogenated alkanes) is 35. The molecule has 6 heteroatoms. The topological polar surface area (TPSA) is 78.9 Å². The van der Waals surface area contributed by atoms with E-state index in [0.29, 0.717) is 19.3 Å². The van der Waals surface area contributed by atoms with Crippen LogP contribution < -0.4 is 0 Å². The predicted octanol–water partition coefficient (Wildman–Crippen LogP) is 19.8. The molecule has 0 amide bonds. The number of hydrogen-bond acceptors (Lipinski definition) is 6. The summed E-state index contributed by atoms with van der Waals surface area (Å²) in [6, 6.07) is 0. The number of carbonyl (C=O) groups excluding carboxylic acids is 3. The number of allylic oxidation sites excluding steroid dienone is 8. The largest absolute Gasteiger partial charge is 0.462 e. The summed E-state index contributed by atoms with van der Waals surface area (Å²) in [5.74, 6) is -0.884. The second-order valence-electron chi connectivity index (χ2n) is 19.9. The van der Waals surface area contributed by atoms with Crippen LogP contribution in [0.1, 0.15) is 310 Å². The average Bonchev–Trinajstić information content (AvgIpc) is 3.34. The lowest BCUT2D eigenvalue weighted by Gasteiger charge is -2.18. The normalized spacial score (nSPS) is 12.3. The molecule has 0 radical (unpaired) electrons. The third-order valence-corrected chi connectivity index (χ3v) is 13.1. The van der Waals surface area contributed by atoms with E-state index in [9.17, 15) is 14.4 Å². The van der Waals surface area contributed by atoms with Crippen LogP contribution in [-0.4, -0.2) is 37.2 Å². The highest BCUT2D eigenvalue weighted by molar-refractivity contribution is 5.71. The van der Waals surface area contributed by atoms with Gasteiger partial charge in [0.25, 0.3) is 0 Å². The molecule has 0 saturated heterocycles. The van der Waals surface area contributed by atoms with Gasteiger partial charge in [-0.3, -0.25) is 14.4 Å². The summed E-state index contributed by atoms with van der Waals surface area (Å²) in [4.78, 5) is 38.2. The Morgan fingerprint density at radius 2 is 0.544 bits per heavy atom. The lowest BCUT2D eigenvalue weighted by molar-refractivity contribution is -0.167. The van der Waals surface area contributed by atoms with Gasteiger partial charge in [-0.15, -0.1) is 0 Å². The van der Waals surface area contributed by atoms with E-state index in [1.165, 1.54) is 180 Å². The fraction of sp³-hybridized carbons (Fsp3) is 0.823. The van der Waals surface area contributed by atoms with Crippen molar-refractivity contribution in [3.63, 3.8) is 0 Å². The van der Waals surface area contributed by atoms with Crippen molar-refractivity contribution < 1.29 is 28.6 Å². The minimum absolute atomic E-state index is 0.0779. The zero-order chi connectivity index (χ0) is 49.3. The van der Waals surface area contributed by atoms with E-state index >= 15 is 0 Å². The molecule has 0 rings (SSSR count). The standard InChI is InChI=1S/C62H112O6/c1-4-7-10-13-16-19-22-25-28-30-31-33-34-37-40-43-46-49-52-55-61(64)67-58-59(57-66-60(63)54-51-48-45-42-39-36-27-24-21-18-15-12-9-6-3)68-62(65)56-53-50-47-44-41-38-35-32-29-26-23-20-17-14-11-8-5-2/h15,17-18,20,24,26-27,29,59H,4-14,16,19,21-23,25,28,30-58H2,1-3H3/b18-15+,20-17+,27-24+,29-26+/t59-/m1/s1. The predicted molar refractivity (Wildman–Crippen MR) is 293 cm³/mol. The Balaban J connectivity index is 4.35. The van der Waals surface area contributed by atoms with Crippen LogP contribution in [0.25, 0.3) is 0 Å². The van der Waals surface area contributed by atoms with Crippen LogP contribution >= 0.6 is 0 Å². The Morgan fingerprint density at radius 1 is 0.294 bits per heavy atom. The van der Waals surface area contributed by atoms with Crippen molar-refractivity contribution in [2.24, 2.45) is 0 Å². The van der Waals surface area contributed by atoms with Crippen molar-refractivity contribution >= 4 is 17.9 Å². The van der Waals surface area contributed by atoms with Crippen LogP contribution in [0.3, 0.4) is 0 Å². The molecule has 0 aliphatic heterocycles. The summed E-state index contributed by atoms with van der Waals surface area (Å²) in [6.45, 7) is 6.60. The van der Waals surface area contributed by atoms with Gasteiger partial charge in [0.05, 0.1) is 0 Å². The summed E-state index contributed by atoms with van der Waals surface area (Å²) in [5, 5.41) is 0. The molecule has 0 unspecified atom stereocenters. The number of esters is 3.